The van der Waals surface area contributed by atoms with Crippen LogP contribution in [0.15, 0.2) is 48.6 Å². The van der Waals surface area contributed by atoms with E-state index >= 15 is 0 Å². The molecule has 4 nitrogen and oxygen atoms in total. The Balaban J connectivity index is 1.55. The van der Waals surface area contributed by atoms with Crippen molar-refractivity contribution in [3.8, 4) is 0 Å². The first-order valence-electron chi connectivity index (χ1n) is 20.5. The second-order valence-electron chi connectivity index (χ2n) is 14.3. The number of hydrogen-bond acceptors (Lipinski definition) is 4. The molecule has 47 heavy (non-hydrogen) atoms. The Bertz CT molecular complexity index is 754. The van der Waals surface area contributed by atoms with E-state index < -0.39 is 0 Å². The van der Waals surface area contributed by atoms with Gasteiger partial charge in [0.25, 0.3) is 0 Å². The summed E-state index contributed by atoms with van der Waals surface area (Å²) in [7, 11) is 1.84. The van der Waals surface area contributed by atoms with Gasteiger partial charge in [-0.3, -0.25) is 4.84 Å². The Hall–Kier alpha value is -1.20. The first kappa shape index (κ1) is 42.0. The third-order valence-electron chi connectivity index (χ3n) is 9.94. The van der Waals surface area contributed by atoms with Gasteiger partial charge < -0.3 is 9.47 Å². The number of hydrogen-bond donors (Lipinski definition) is 1. The summed E-state index contributed by atoms with van der Waals surface area (Å²) in [6, 6.07) is 0. The third kappa shape index (κ3) is 21.5. The van der Waals surface area contributed by atoms with Crippen molar-refractivity contribution < 1.29 is 14.3 Å². The molecule has 0 aromatic heterocycles. The van der Waals surface area contributed by atoms with Crippen LogP contribution in [0.2, 0.25) is 0 Å². The highest BCUT2D eigenvalue weighted by atomic mass is 16.8. The third-order valence-corrected chi connectivity index (χ3v) is 9.94. The van der Waals surface area contributed by atoms with Gasteiger partial charge in [0.15, 0.2) is 5.79 Å². The number of nitrogens with one attached hydrogen (secondary N) is 1. The highest BCUT2D eigenvalue weighted by Crippen LogP contribution is 2.44. The highest BCUT2D eigenvalue weighted by molar-refractivity contribution is 4.95. The normalized spacial score (nSPS) is 21.0. The lowest BCUT2D eigenvalue weighted by molar-refractivity contribution is -0.198. The lowest BCUT2D eigenvalue weighted by Crippen LogP contribution is -2.33. The first-order valence-corrected chi connectivity index (χ1v) is 20.5. The summed E-state index contributed by atoms with van der Waals surface area (Å²) in [6.45, 7) is 4.53. The molecule has 1 heterocycles. The Morgan fingerprint density at radius 1 is 0.511 bits per heavy atom. The smallest absolute Gasteiger partial charge is 0.169 e. The average molecular weight is 656 g/mol. The van der Waals surface area contributed by atoms with Crippen molar-refractivity contribution >= 4 is 0 Å². The van der Waals surface area contributed by atoms with Crippen LogP contribution in [0, 0.1) is 0 Å². The minimum atomic E-state index is -0.357. The minimum absolute atomic E-state index is 0.197. The van der Waals surface area contributed by atoms with E-state index in [2.05, 4.69) is 67.9 Å². The first-order chi connectivity index (χ1) is 23.2. The fourth-order valence-corrected chi connectivity index (χ4v) is 7.13. The van der Waals surface area contributed by atoms with E-state index in [0.29, 0.717) is 0 Å². The largest absolute Gasteiger partial charge is 0.344 e. The van der Waals surface area contributed by atoms with Gasteiger partial charge in [-0.2, -0.15) is 0 Å². The van der Waals surface area contributed by atoms with Crippen molar-refractivity contribution in [2.24, 2.45) is 0 Å². The van der Waals surface area contributed by atoms with Gasteiger partial charge in [-0.15, -0.1) is 0 Å². The zero-order chi connectivity index (χ0) is 33.5. The van der Waals surface area contributed by atoms with E-state index in [0.717, 1.165) is 38.5 Å². The van der Waals surface area contributed by atoms with E-state index in [1.165, 1.54) is 141 Å². The summed E-state index contributed by atoms with van der Waals surface area (Å²) in [4.78, 5) is 5.67. The number of ether oxygens (including phenoxy) is 2. The number of rotatable bonds is 32. The molecule has 0 bridgehead atoms. The predicted molar refractivity (Wildman–Crippen MR) is 204 cm³/mol. The molecule has 3 atom stereocenters. The molecule has 0 aromatic rings. The van der Waals surface area contributed by atoms with Crippen LogP contribution >= 0.6 is 0 Å². The molecule has 0 unspecified atom stereocenters. The minimum Gasteiger partial charge on any atom is -0.344 e. The highest BCUT2D eigenvalue weighted by Gasteiger charge is 2.51. The maximum absolute atomic E-state index is 6.74. The van der Waals surface area contributed by atoms with E-state index in [9.17, 15) is 0 Å². The molecular weight excluding hydrogens is 578 g/mol. The van der Waals surface area contributed by atoms with Gasteiger partial charge in [0.2, 0.25) is 0 Å². The van der Waals surface area contributed by atoms with Gasteiger partial charge in [-0.05, 0) is 77.0 Å². The van der Waals surface area contributed by atoms with Gasteiger partial charge in [-0.25, -0.2) is 5.48 Å². The molecule has 0 aromatic carbocycles. The second kappa shape index (κ2) is 29.7. The standard InChI is InChI=1S/C43H77NO3/c1-4-6-8-10-12-14-16-18-20-22-24-26-28-30-32-34-36-43(45-41-38-40(47-44-3)39-42(41)46-43)37-35-33-31-29-27-25-23-21-19-17-15-13-11-9-7-5-2/h12-15,18-21,40-42,44H,4-11,16-17,22-39H2,1-3H3/b14-12-,15-13-,20-18-,21-19-/t40-,41+,42-. The summed E-state index contributed by atoms with van der Waals surface area (Å²) in [5.74, 6) is -0.357. The fourth-order valence-electron chi connectivity index (χ4n) is 7.13. The van der Waals surface area contributed by atoms with Crippen LogP contribution in [0.25, 0.3) is 0 Å². The Labute approximate surface area is 292 Å². The Kier molecular flexibility index (Phi) is 26.5. The van der Waals surface area contributed by atoms with Crippen LogP contribution < -0.4 is 5.48 Å². The van der Waals surface area contributed by atoms with E-state index in [-0.39, 0.29) is 24.1 Å². The summed E-state index contributed by atoms with van der Waals surface area (Å²) >= 11 is 0. The molecule has 1 aliphatic heterocycles. The van der Waals surface area contributed by atoms with Crippen molar-refractivity contribution in [3.05, 3.63) is 48.6 Å². The zero-order valence-corrected chi connectivity index (χ0v) is 31.4. The van der Waals surface area contributed by atoms with Gasteiger partial charge in [0.1, 0.15) is 0 Å². The SMILES string of the molecule is CCCCC/C=C\C/C=C\CCCCCCCCC1(CCCCCCCC/C=C\C/C=C\CCCCC)O[C@H]2C[C@@H](ONC)C[C@H]2O1. The van der Waals surface area contributed by atoms with Gasteiger partial charge in [0.05, 0.1) is 18.3 Å². The van der Waals surface area contributed by atoms with Crippen molar-refractivity contribution in [1.82, 2.24) is 5.48 Å². The lowest BCUT2D eigenvalue weighted by atomic mass is 9.98. The second-order valence-corrected chi connectivity index (χ2v) is 14.3. The van der Waals surface area contributed by atoms with Crippen molar-refractivity contribution in [2.75, 3.05) is 7.05 Å². The molecular formula is C43H77NO3. The molecule has 1 N–H and O–H groups in total. The monoisotopic (exact) mass is 656 g/mol. The van der Waals surface area contributed by atoms with Crippen LogP contribution in [0.1, 0.15) is 194 Å². The van der Waals surface area contributed by atoms with Crippen LogP contribution in [0.5, 0.6) is 0 Å². The van der Waals surface area contributed by atoms with Crippen LogP contribution in [0.3, 0.4) is 0 Å². The number of allylic oxidation sites excluding steroid dienone is 8. The average Bonchev–Trinajstić information content (AvgIpc) is 3.60. The number of fused-ring (bicyclic) bond motifs is 1. The summed E-state index contributed by atoms with van der Waals surface area (Å²) in [6.07, 6.45) is 54.2. The van der Waals surface area contributed by atoms with Crippen molar-refractivity contribution in [2.45, 2.75) is 218 Å². The maximum Gasteiger partial charge on any atom is 0.169 e. The van der Waals surface area contributed by atoms with Crippen LogP contribution in [-0.2, 0) is 14.3 Å². The Morgan fingerprint density at radius 3 is 1.26 bits per heavy atom. The molecule has 2 fully saturated rings. The molecule has 2 aliphatic rings. The molecule has 272 valence electrons. The quantitative estimate of drug-likeness (QED) is 0.0445. The van der Waals surface area contributed by atoms with Gasteiger partial charge in [0, 0.05) is 32.7 Å². The Morgan fingerprint density at radius 2 is 0.872 bits per heavy atom. The molecule has 0 radical (unpaired) electrons. The van der Waals surface area contributed by atoms with Crippen molar-refractivity contribution in [3.63, 3.8) is 0 Å². The van der Waals surface area contributed by atoms with Crippen molar-refractivity contribution in [1.29, 1.82) is 0 Å². The summed E-state index contributed by atoms with van der Waals surface area (Å²) in [5.41, 5.74) is 2.87. The summed E-state index contributed by atoms with van der Waals surface area (Å²) in [5, 5.41) is 0. The number of hydroxylamine groups is 1. The maximum atomic E-state index is 6.74. The molecule has 0 spiro atoms. The van der Waals surface area contributed by atoms with Crippen LogP contribution in [0.4, 0.5) is 0 Å². The summed E-state index contributed by atoms with van der Waals surface area (Å²) < 4.78 is 13.5. The molecule has 1 aliphatic carbocycles. The van der Waals surface area contributed by atoms with E-state index in [1.807, 2.05) is 7.05 Å². The molecule has 2 rings (SSSR count). The number of unbranched alkanes of at least 4 members (excludes halogenated alkanes) is 18. The molecule has 0 amide bonds. The molecule has 1 saturated carbocycles. The van der Waals surface area contributed by atoms with Gasteiger partial charge >= 0.3 is 0 Å². The predicted octanol–water partition coefficient (Wildman–Crippen LogP) is 13.2. The van der Waals surface area contributed by atoms with E-state index in [1.54, 1.807) is 0 Å². The van der Waals surface area contributed by atoms with E-state index in [4.69, 9.17) is 14.3 Å². The molecule has 4 heteroatoms. The topological polar surface area (TPSA) is 39.7 Å². The van der Waals surface area contributed by atoms with Crippen LogP contribution in [-0.4, -0.2) is 31.1 Å². The fraction of sp³-hybridized carbons (Fsp3) is 0.814. The zero-order valence-electron chi connectivity index (χ0n) is 31.4. The molecule has 1 saturated heterocycles. The lowest BCUT2D eigenvalue weighted by Gasteiger charge is -2.30. The van der Waals surface area contributed by atoms with Gasteiger partial charge in [-0.1, -0.05) is 140 Å².